The second-order valence-electron chi connectivity index (χ2n) is 5.47. The van der Waals surface area contributed by atoms with Gasteiger partial charge in [0.15, 0.2) is 6.29 Å². The molecular weight excluding hydrogens is 190 g/mol. The number of ether oxygens (including phenoxy) is 2. The van der Waals surface area contributed by atoms with Crippen LogP contribution in [0.3, 0.4) is 0 Å². The molecule has 0 saturated heterocycles. The van der Waals surface area contributed by atoms with Gasteiger partial charge in [-0.15, -0.1) is 0 Å². The Morgan fingerprint density at radius 1 is 1.27 bits per heavy atom. The smallest absolute Gasteiger partial charge is 0.169 e. The third-order valence-corrected chi connectivity index (χ3v) is 3.41. The second-order valence-corrected chi connectivity index (χ2v) is 5.47. The maximum Gasteiger partial charge on any atom is 0.169 e. The van der Waals surface area contributed by atoms with E-state index in [1.807, 2.05) is 0 Å². The zero-order valence-corrected chi connectivity index (χ0v) is 10.7. The molecule has 0 heterocycles. The first kappa shape index (κ1) is 12.9. The van der Waals surface area contributed by atoms with Crippen molar-refractivity contribution in [1.82, 2.24) is 5.32 Å². The quantitative estimate of drug-likeness (QED) is 0.712. The average molecular weight is 215 g/mol. The van der Waals surface area contributed by atoms with Crippen LogP contribution in [0.5, 0.6) is 0 Å². The second kappa shape index (κ2) is 5.28. The monoisotopic (exact) mass is 215 g/mol. The zero-order chi connectivity index (χ0) is 11.5. The number of nitrogens with one attached hydrogen (secondary N) is 1. The molecule has 0 bridgehead atoms. The van der Waals surface area contributed by atoms with Gasteiger partial charge >= 0.3 is 0 Å². The maximum absolute atomic E-state index is 5.16. The van der Waals surface area contributed by atoms with E-state index in [9.17, 15) is 0 Å². The predicted octanol–water partition coefficient (Wildman–Crippen LogP) is 2.02. The van der Waals surface area contributed by atoms with Crippen molar-refractivity contribution < 1.29 is 9.47 Å². The molecule has 0 aromatic carbocycles. The normalized spacial score (nSPS) is 30.0. The molecule has 0 aromatic rings. The van der Waals surface area contributed by atoms with Crippen molar-refractivity contribution in [3.63, 3.8) is 0 Å². The topological polar surface area (TPSA) is 30.5 Å². The van der Waals surface area contributed by atoms with Gasteiger partial charge in [0.05, 0.1) is 0 Å². The van der Waals surface area contributed by atoms with Crippen LogP contribution in [0.15, 0.2) is 0 Å². The van der Waals surface area contributed by atoms with Gasteiger partial charge in [0.2, 0.25) is 0 Å². The Morgan fingerprint density at radius 2 is 1.87 bits per heavy atom. The minimum absolute atomic E-state index is 0.124. The first-order valence-electron chi connectivity index (χ1n) is 5.77. The summed E-state index contributed by atoms with van der Waals surface area (Å²) < 4.78 is 10.3. The lowest BCUT2D eigenvalue weighted by atomic mass is 9.91. The zero-order valence-electron chi connectivity index (χ0n) is 10.7. The minimum Gasteiger partial charge on any atom is -0.355 e. The number of hydrogen-bond donors (Lipinski definition) is 1. The largest absolute Gasteiger partial charge is 0.355 e. The molecule has 0 spiro atoms. The van der Waals surface area contributed by atoms with Crippen LogP contribution in [0.4, 0.5) is 0 Å². The van der Waals surface area contributed by atoms with Crippen molar-refractivity contribution in [2.24, 2.45) is 11.3 Å². The van der Waals surface area contributed by atoms with Gasteiger partial charge in [-0.25, -0.2) is 0 Å². The molecular formula is C12H25NO2. The van der Waals surface area contributed by atoms with Crippen molar-refractivity contribution >= 4 is 0 Å². The molecule has 2 unspecified atom stereocenters. The van der Waals surface area contributed by atoms with Gasteiger partial charge in [0.25, 0.3) is 0 Å². The molecule has 1 aliphatic rings. The molecule has 0 aliphatic heterocycles. The number of rotatable bonds is 5. The molecule has 15 heavy (non-hydrogen) atoms. The summed E-state index contributed by atoms with van der Waals surface area (Å²) in [6, 6.07) is 0.604. The molecule has 90 valence electrons. The first-order valence-corrected chi connectivity index (χ1v) is 5.77. The standard InChI is InChI=1S/C12H25NO2/c1-9-6-12(2,3)7-10(9)13-8-11(14-4)15-5/h9-11,13H,6-8H2,1-5H3. The molecule has 0 radical (unpaired) electrons. The maximum atomic E-state index is 5.16. The van der Waals surface area contributed by atoms with Crippen LogP contribution in [0, 0.1) is 11.3 Å². The number of hydrogen-bond acceptors (Lipinski definition) is 3. The van der Waals surface area contributed by atoms with Gasteiger partial charge in [0.1, 0.15) is 0 Å². The van der Waals surface area contributed by atoms with Crippen LogP contribution in [0.1, 0.15) is 33.6 Å². The molecule has 0 aromatic heterocycles. The van der Waals surface area contributed by atoms with E-state index in [-0.39, 0.29) is 6.29 Å². The van der Waals surface area contributed by atoms with E-state index < -0.39 is 0 Å². The van der Waals surface area contributed by atoms with E-state index in [1.165, 1.54) is 12.8 Å². The predicted molar refractivity (Wildman–Crippen MR) is 61.8 cm³/mol. The fraction of sp³-hybridized carbons (Fsp3) is 1.00. The van der Waals surface area contributed by atoms with Crippen LogP contribution >= 0.6 is 0 Å². The molecule has 1 saturated carbocycles. The van der Waals surface area contributed by atoms with E-state index >= 15 is 0 Å². The van der Waals surface area contributed by atoms with E-state index in [0.717, 1.165) is 12.5 Å². The van der Waals surface area contributed by atoms with Gasteiger partial charge in [-0.05, 0) is 24.2 Å². The van der Waals surface area contributed by atoms with E-state index in [1.54, 1.807) is 14.2 Å². The fourth-order valence-corrected chi connectivity index (χ4v) is 2.68. The summed E-state index contributed by atoms with van der Waals surface area (Å²) in [6.45, 7) is 7.78. The summed E-state index contributed by atoms with van der Waals surface area (Å²) in [5.74, 6) is 0.745. The van der Waals surface area contributed by atoms with Gasteiger partial charge in [-0.2, -0.15) is 0 Å². The van der Waals surface area contributed by atoms with Gasteiger partial charge in [-0.3, -0.25) is 0 Å². The molecule has 1 rings (SSSR count). The third-order valence-electron chi connectivity index (χ3n) is 3.41. The Kier molecular flexibility index (Phi) is 4.56. The Bertz CT molecular complexity index is 190. The Balaban J connectivity index is 2.33. The van der Waals surface area contributed by atoms with Crippen LogP contribution in [-0.4, -0.2) is 33.1 Å². The average Bonchev–Trinajstić information content (AvgIpc) is 2.41. The highest BCUT2D eigenvalue weighted by Crippen LogP contribution is 2.40. The fourth-order valence-electron chi connectivity index (χ4n) is 2.68. The third kappa shape index (κ3) is 3.74. The summed E-state index contributed by atoms with van der Waals surface area (Å²) in [5, 5.41) is 3.54. The molecule has 1 fully saturated rings. The van der Waals surface area contributed by atoms with Gasteiger partial charge in [0, 0.05) is 26.8 Å². The summed E-state index contributed by atoms with van der Waals surface area (Å²) in [5.41, 5.74) is 0.479. The van der Waals surface area contributed by atoms with Crippen molar-refractivity contribution in [2.45, 2.75) is 45.9 Å². The number of methoxy groups -OCH3 is 2. The molecule has 2 atom stereocenters. The van der Waals surface area contributed by atoms with Crippen LogP contribution in [0.2, 0.25) is 0 Å². The van der Waals surface area contributed by atoms with Crippen LogP contribution in [0.25, 0.3) is 0 Å². The van der Waals surface area contributed by atoms with E-state index in [0.29, 0.717) is 11.5 Å². The van der Waals surface area contributed by atoms with Crippen molar-refractivity contribution in [3.8, 4) is 0 Å². The molecule has 1 N–H and O–H groups in total. The summed E-state index contributed by atoms with van der Waals surface area (Å²) >= 11 is 0. The van der Waals surface area contributed by atoms with Gasteiger partial charge in [-0.1, -0.05) is 20.8 Å². The van der Waals surface area contributed by atoms with E-state index in [4.69, 9.17) is 9.47 Å². The summed E-state index contributed by atoms with van der Waals surface area (Å²) in [4.78, 5) is 0. The van der Waals surface area contributed by atoms with Crippen molar-refractivity contribution in [3.05, 3.63) is 0 Å². The Morgan fingerprint density at radius 3 is 2.27 bits per heavy atom. The van der Waals surface area contributed by atoms with Crippen molar-refractivity contribution in [1.29, 1.82) is 0 Å². The highest BCUT2D eigenvalue weighted by atomic mass is 16.7. The molecule has 1 aliphatic carbocycles. The first-order chi connectivity index (χ1) is 6.98. The Hall–Kier alpha value is -0.120. The minimum atomic E-state index is -0.124. The highest BCUT2D eigenvalue weighted by Gasteiger charge is 2.36. The molecule has 3 heteroatoms. The summed E-state index contributed by atoms with van der Waals surface area (Å²) in [6.07, 6.45) is 2.42. The van der Waals surface area contributed by atoms with Crippen molar-refractivity contribution in [2.75, 3.05) is 20.8 Å². The molecule has 0 amide bonds. The van der Waals surface area contributed by atoms with Gasteiger partial charge < -0.3 is 14.8 Å². The Labute approximate surface area is 93.5 Å². The summed E-state index contributed by atoms with van der Waals surface area (Å²) in [7, 11) is 3.36. The molecule has 3 nitrogen and oxygen atoms in total. The lowest BCUT2D eigenvalue weighted by molar-refractivity contribution is -0.100. The lowest BCUT2D eigenvalue weighted by Crippen LogP contribution is -2.38. The highest BCUT2D eigenvalue weighted by molar-refractivity contribution is 4.91. The van der Waals surface area contributed by atoms with Crippen LogP contribution < -0.4 is 5.32 Å². The van der Waals surface area contributed by atoms with Crippen LogP contribution in [-0.2, 0) is 9.47 Å². The SMILES string of the molecule is COC(CNC1CC(C)(C)CC1C)OC. The van der Waals surface area contributed by atoms with E-state index in [2.05, 4.69) is 26.1 Å². The lowest BCUT2D eigenvalue weighted by Gasteiger charge is -2.21.